The zero-order valence-electron chi connectivity index (χ0n) is 12.4. The molecule has 0 aliphatic heterocycles. The number of hydrogen-bond acceptors (Lipinski definition) is 3. The number of nitrogens with one attached hydrogen (secondary N) is 1. The van der Waals surface area contributed by atoms with Crippen LogP contribution in [0.3, 0.4) is 0 Å². The van der Waals surface area contributed by atoms with Gasteiger partial charge in [0.05, 0.1) is 14.2 Å². The quantitative estimate of drug-likeness (QED) is 0.814. The minimum absolute atomic E-state index is 0.309. The van der Waals surface area contributed by atoms with E-state index in [9.17, 15) is 0 Å². The van der Waals surface area contributed by atoms with Gasteiger partial charge in [0.25, 0.3) is 0 Å². The van der Waals surface area contributed by atoms with Crippen LogP contribution in [0.15, 0.2) is 16.6 Å². The van der Waals surface area contributed by atoms with Crippen molar-refractivity contribution in [2.24, 2.45) is 5.92 Å². The van der Waals surface area contributed by atoms with E-state index in [4.69, 9.17) is 9.47 Å². The van der Waals surface area contributed by atoms with Gasteiger partial charge in [-0.15, -0.1) is 0 Å². The van der Waals surface area contributed by atoms with Crippen molar-refractivity contribution in [2.75, 3.05) is 21.3 Å². The Morgan fingerprint density at radius 2 is 1.79 bits per heavy atom. The lowest BCUT2D eigenvalue weighted by molar-refractivity contribution is 0.352. The van der Waals surface area contributed by atoms with Crippen molar-refractivity contribution in [3.63, 3.8) is 0 Å². The van der Waals surface area contributed by atoms with Crippen molar-refractivity contribution < 1.29 is 9.47 Å². The first-order valence-electron chi connectivity index (χ1n) is 6.65. The van der Waals surface area contributed by atoms with Crippen LogP contribution in [0.4, 0.5) is 0 Å². The van der Waals surface area contributed by atoms with Crippen molar-refractivity contribution >= 4 is 15.9 Å². The highest BCUT2D eigenvalue weighted by Crippen LogP contribution is 2.37. The molecule has 19 heavy (non-hydrogen) atoms. The molecule has 0 spiro atoms. The molecule has 0 aliphatic rings. The first-order chi connectivity index (χ1) is 9.07. The van der Waals surface area contributed by atoms with Crippen LogP contribution in [0.25, 0.3) is 0 Å². The summed E-state index contributed by atoms with van der Waals surface area (Å²) in [5.41, 5.74) is 1.21. The van der Waals surface area contributed by atoms with E-state index in [1.807, 2.05) is 19.2 Å². The summed E-state index contributed by atoms with van der Waals surface area (Å²) in [7, 11) is 5.31. The van der Waals surface area contributed by atoms with Crippen LogP contribution < -0.4 is 14.8 Å². The third-order valence-corrected chi connectivity index (χ3v) is 4.25. The summed E-state index contributed by atoms with van der Waals surface area (Å²) in [5, 5.41) is 3.39. The minimum Gasteiger partial charge on any atom is -0.493 e. The summed E-state index contributed by atoms with van der Waals surface area (Å²) in [4.78, 5) is 0. The summed E-state index contributed by atoms with van der Waals surface area (Å²) in [6, 6.07) is 4.32. The lowest BCUT2D eigenvalue weighted by Crippen LogP contribution is -2.19. The Balaban J connectivity index is 3.09. The van der Waals surface area contributed by atoms with Crippen LogP contribution in [0.2, 0.25) is 0 Å². The second kappa shape index (κ2) is 7.75. The lowest BCUT2D eigenvalue weighted by Gasteiger charge is -2.22. The van der Waals surface area contributed by atoms with Crippen LogP contribution in [0, 0.1) is 5.92 Å². The Kier molecular flexibility index (Phi) is 6.66. The predicted molar refractivity (Wildman–Crippen MR) is 83.1 cm³/mol. The molecule has 0 bridgehead atoms. The maximum Gasteiger partial charge on any atom is 0.161 e. The number of ether oxygens (including phenoxy) is 2. The average Bonchev–Trinajstić information content (AvgIpc) is 2.44. The van der Waals surface area contributed by atoms with E-state index in [0.29, 0.717) is 12.0 Å². The predicted octanol–water partition coefficient (Wildman–Crippen LogP) is 4.16. The molecule has 0 aliphatic carbocycles. The van der Waals surface area contributed by atoms with Crippen LogP contribution in [-0.4, -0.2) is 21.3 Å². The van der Waals surface area contributed by atoms with E-state index < -0.39 is 0 Å². The summed E-state index contributed by atoms with van der Waals surface area (Å²) < 4.78 is 11.7. The van der Waals surface area contributed by atoms with E-state index in [2.05, 4.69) is 35.1 Å². The molecule has 2 atom stereocenters. The standard InChI is InChI=1S/C15H24BrNO2/c1-6-10(2)7-13(17-3)11-8-14(18-4)15(19-5)9-12(11)16/h8-10,13,17H,6-7H2,1-5H3. The van der Waals surface area contributed by atoms with Crippen LogP contribution >= 0.6 is 15.9 Å². The average molecular weight is 330 g/mol. The first-order valence-corrected chi connectivity index (χ1v) is 7.45. The molecule has 1 aromatic carbocycles. The van der Waals surface area contributed by atoms with Crippen LogP contribution in [0.1, 0.15) is 38.3 Å². The third kappa shape index (κ3) is 4.11. The highest BCUT2D eigenvalue weighted by atomic mass is 79.9. The summed E-state index contributed by atoms with van der Waals surface area (Å²) in [5.74, 6) is 2.19. The third-order valence-electron chi connectivity index (χ3n) is 3.56. The van der Waals surface area contributed by atoms with E-state index in [-0.39, 0.29) is 0 Å². The highest BCUT2D eigenvalue weighted by molar-refractivity contribution is 9.10. The van der Waals surface area contributed by atoms with Crippen molar-refractivity contribution in [1.29, 1.82) is 0 Å². The van der Waals surface area contributed by atoms with Gasteiger partial charge < -0.3 is 14.8 Å². The van der Waals surface area contributed by atoms with Gasteiger partial charge in [0.1, 0.15) is 0 Å². The Morgan fingerprint density at radius 3 is 2.26 bits per heavy atom. The van der Waals surface area contributed by atoms with Gasteiger partial charge in [0.2, 0.25) is 0 Å². The molecule has 0 saturated carbocycles. The molecule has 0 saturated heterocycles. The molecular formula is C15H24BrNO2. The second-order valence-electron chi connectivity index (χ2n) is 4.82. The van der Waals surface area contributed by atoms with E-state index in [0.717, 1.165) is 22.4 Å². The van der Waals surface area contributed by atoms with Gasteiger partial charge >= 0.3 is 0 Å². The monoisotopic (exact) mass is 329 g/mol. The largest absolute Gasteiger partial charge is 0.493 e. The van der Waals surface area contributed by atoms with Crippen molar-refractivity contribution in [2.45, 2.75) is 32.7 Å². The molecule has 1 aromatic rings. The van der Waals surface area contributed by atoms with E-state index in [1.165, 1.54) is 12.0 Å². The van der Waals surface area contributed by atoms with Crippen molar-refractivity contribution in [3.05, 3.63) is 22.2 Å². The van der Waals surface area contributed by atoms with Gasteiger partial charge in [-0.05, 0) is 37.1 Å². The first kappa shape index (κ1) is 16.3. The topological polar surface area (TPSA) is 30.5 Å². The molecule has 2 unspecified atom stereocenters. The molecular weight excluding hydrogens is 306 g/mol. The molecule has 0 aromatic heterocycles. The zero-order valence-corrected chi connectivity index (χ0v) is 14.0. The smallest absolute Gasteiger partial charge is 0.161 e. The Bertz CT molecular complexity index is 409. The van der Waals surface area contributed by atoms with Crippen LogP contribution in [-0.2, 0) is 0 Å². The summed E-state index contributed by atoms with van der Waals surface area (Å²) in [6.07, 6.45) is 2.28. The normalized spacial score (nSPS) is 14.0. The molecule has 0 fully saturated rings. The minimum atomic E-state index is 0.309. The molecule has 1 rings (SSSR count). The Labute approximate surface area is 124 Å². The molecule has 4 heteroatoms. The summed E-state index contributed by atoms with van der Waals surface area (Å²) >= 11 is 3.63. The van der Waals surface area contributed by atoms with Gasteiger partial charge in [-0.3, -0.25) is 0 Å². The van der Waals surface area contributed by atoms with Crippen molar-refractivity contribution in [1.82, 2.24) is 5.32 Å². The Hall–Kier alpha value is -0.740. The van der Waals surface area contributed by atoms with Gasteiger partial charge in [-0.25, -0.2) is 0 Å². The number of rotatable bonds is 7. The fourth-order valence-corrected chi connectivity index (χ4v) is 2.70. The number of halogens is 1. The fraction of sp³-hybridized carbons (Fsp3) is 0.600. The number of methoxy groups -OCH3 is 2. The lowest BCUT2D eigenvalue weighted by atomic mass is 9.94. The maximum absolute atomic E-state index is 5.38. The molecule has 0 amide bonds. The number of benzene rings is 1. The number of hydrogen-bond donors (Lipinski definition) is 1. The molecule has 0 radical (unpaired) electrons. The van der Waals surface area contributed by atoms with Gasteiger partial charge in [-0.1, -0.05) is 36.2 Å². The van der Waals surface area contributed by atoms with Crippen molar-refractivity contribution in [3.8, 4) is 11.5 Å². The highest BCUT2D eigenvalue weighted by Gasteiger charge is 2.18. The Morgan fingerprint density at radius 1 is 1.21 bits per heavy atom. The van der Waals surface area contributed by atoms with E-state index in [1.54, 1.807) is 14.2 Å². The molecule has 0 heterocycles. The fourth-order valence-electron chi connectivity index (χ4n) is 2.11. The molecule has 108 valence electrons. The van der Waals surface area contributed by atoms with Gasteiger partial charge in [0.15, 0.2) is 11.5 Å². The summed E-state index contributed by atoms with van der Waals surface area (Å²) in [6.45, 7) is 4.50. The van der Waals surface area contributed by atoms with Gasteiger partial charge in [-0.2, -0.15) is 0 Å². The second-order valence-corrected chi connectivity index (χ2v) is 5.67. The zero-order chi connectivity index (χ0) is 14.4. The van der Waals surface area contributed by atoms with Crippen LogP contribution in [0.5, 0.6) is 11.5 Å². The molecule has 3 nitrogen and oxygen atoms in total. The maximum atomic E-state index is 5.38. The molecule has 1 N–H and O–H groups in total. The van der Waals surface area contributed by atoms with Gasteiger partial charge in [0, 0.05) is 10.5 Å². The SMILES string of the molecule is CCC(C)CC(NC)c1cc(OC)c(OC)cc1Br. The van der Waals surface area contributed by atoms with E-state index >= 15 is 0 Å².